The fraction of sp³-hybridized carbons (Fsp3) is 0. The van der Waals surface area contributed by atoms with Crippen LogP contribution in [0, 0.1) is 0 Å². The first kappa shape index (κ1) is 10.2. The molecule has 2 aromatic heterocycles. The molecule has 3 aromatic rings. The van der Waals surface area contributed by atoms with Crippen molar-refractivity contribution in [2.24, 2.45) is 5.84 Å². The van der Waals surface area contributed by atoms with Gasteiger partial charge in [-0.25, -0.2) is 15.8 Å². The summed E-state index contributed by atoms with van der Waals surface area (Å²) in [5, 5.41) is 4.95. The Labute approximate surface area is 102 Å². The highest BCUT2D eigenvalue weighted by atomic mass is 32.1. The Kier molecular flexibility index (Phi) is 2.47. The van der Waals surface area contributed by atoms with E-state index in [9.17, 15) is 0 Å². The number of rotatable bonds is 2. The molecule has 2 heterocycles. The Balaban J connectivity index is 2.28. The molecule has 0 atom stereocenters. The predicted molar refractivity (Wildman–Crippen MR) is 70.7 cm³/mol. The van der Waals surface area contributed by atoms with Crippen molar-refractivity contribution in [1.29, 1.82) is 0 Å². The highest BCUT2D eigenvalue weighted by molar-refractivity contribution is 7.08. The predicted octanol–water partition coefficient (Wildman–Crippen LogP) is 2.64. The van der Waals surface area contributed by atoms with Crippen LogP contribution < -0.4 is 11.3 Å². The molecule has 0 radical (unpaired) electrons. The topological polar surface area (TPSA) is 63.8 Å². The van der Waals surface area contributed by atoms with E-state index in [0.29, 0.717) is 11.6 Å². The summed E-state index contributed by atoms with van der Waals surface area (Å²) in [6.07, 6.45) is 0. The monoisotopic (exact) mass is 242 g/mol. The average Bonchev–Trinajstić information content (AvgIpc) is 2.91. The van der Waals surface area contributed by atoms with E-state index in [-0.39, 0.29) is 0 Å². The summed E-state index contributed by atoms with van der Waals surface area (Å²) in [7, 11) is 0. The molecular formula is C12H10N4S. The molecule has 0 aliphatic rings. The second-order valence-electron chi connectivity index (χ2n) is 3.57. The molecule has 0 amide bonds. The molecule has 0 aliphatic heterocycles. The molecular weight excluding hydrogens is 232 g/mol. The lowest BCUT2D eigenvalue weighted by atomic mass is 10.2. The van der Waals surface area contributed by atoms with Gasteiger partial charge in [-0.3, -0.25) is 0 Å². The smallest absolute Gasteiger partial charge is 0.163 e. The van der Waals surface area contributed by atoms with Gasteiger partial charge < -0.3 is 5.43 Å². The number of fused-ring (bicyclic) bond motifs is 1. The van der Waals surface area contributed by atoms with Crippen LogP contribution in [0.5, 0.6) is 0 Å². The lowest BCUT2D eigenvalue weighted by Gasteiger charge is -2.06. The lowest BCUT2D eigenvalue weighted by Crippen LogP contribution is -2.10. The number of nitrogens with zero attached hydrogens (tertiary/aromatic N) is 2. The van der Waals surface area contributed by atoms with E-state index in [1.165, 1.54) is 0 Å². The summed E-state index contributed by atoms with van der Waals surface area (Å²) in [5.41, 5.74) is 4.52. The Hall–Kier alpha value is -1.98. The maximum atomic E-state index is 5.50. The molecule has 17 heavy (non-hydrogen) atoms. The van der Waals surface area contributed by atoms with Gasteiger partial charge in [0, 0.05) is 16.3 Å². The van der Waals surface area contributed by atoms with Crippen molar-refractivity contribution in [2.45, 2.75) is 0 Å². The minimum absolute atomic E-state index is 0.650. The van der Waals surface area contributed by atoms with Crippen LogP contribution in [-0.4, -0.2) is 9.97 Å². The number of aromatic nitrogens is 2. The third-order valence-corrected chi connectivity index (χ3v) is 3.20. The summed E-state index contributed by atoms with van der Waals surface area (Å²) >= 11 is 1.62. The van der Waals surface area contributed by atoms with Gasteiger partial charge in [0.25, 0.3) is 0 Å². The molecule has 0 saturated carbocycles. The molecule has 84 valence electrons. The van der Waals surface area contributed by atoms with Gasteiger partial charge in [0.15, 0.2) is 11.6 Å². The zero-order chi connectivity index (χ0) is 11.7. The number of hydrazine groups is 1. The molecule has 3 rings (SSSR count). The number of para-hydroxylation sites is 1. The van der Waals surface area contributed by atoms with Crippen LogP contribution in [0.15, 0.2) is 41.1 Å². The van der Waals surface area contributed by atoms with Crippen molar-refractivity contribution in [3.05, 3.63) is 41.1 Å². The molecule has 0 saturated heterocycles. The Morgan fingerprint density at radius 2 is 2.00 bits per heavy atom. The van der Waals surface area contributed by atoms with Crippen LogP contribution in [0.3, 0.4) is 0 Å². The summed E-state index contributed by atoms with van der Waals surface area (Å²) in [6.45, 7) is 0. The van der Waals surface area contributed by atoms with Crippen molar-refractivity contribution < 1.29 is 0 Å². The van der Waals surface area contributed by atoms with Crippen LogP contribution in [0.4, 0.5) is 5.82 Å². The normalized spacial score (nSPS) is 10.6. The van der Waals surface area contributed by atoms with Gasteiger partial charge in [-0.15, -0.1) is 0 Å². The third-order valence-electron chi connectivity index (χ3n) is 2.52. The highest BCUT2D eigenvalue weighted by Gasteiger charge is 2.08. The number of anilines is 1. The molecule has 0 spiro atoms. The Bertz CT molecular complexity index is 649. The van der Waals surface area contributed by atoms with E-state index in [0.717, 1.165) is 16.5 Å². The first-order valence-corrected chi connectivity index (χ1v) is 6.09. The molecule has 0 fully saturated rings. The van der Waals surface area contributed by atoms with Crippen LogP contribution >= 0.6 is 11.3 Å². The van der Waals surface area contributed by atoms with Crippen molar-refractivity contribution in [3.8, 4) is 11.4 Å². The molecule has 4 nitrogen and oxygen atoms in total. The molecule has 0 unspecified atom stereocenters. The summed E-state index contributed by atoms with van der Waals surface area (Å²) in [4.78, 5) is 8.95. The van der Waals surface area contributed by atoms with E-state index in [1.807, 2.05) is 41.1 Å². The van der Waals surface area contributed by atoms with E-state index in [1.54, 1.807) is 11.3 Å². The minimum atomic E-state index is 0.650. The van der Waals surface area contributed by atoms with Crippen molar-refractivity contribution in [2.75, 3.05) is 5.43 Å². The first-order chi connectivity index (χ1) is 8.38. The van der Waals surface area contributed by atoms with Gasteiger partial charge in [-0.2, -0.15) is 11.3 Å². The lowest BCUT2D eigenvalue weighted by molar-refractivity contribution is 1.19. The zero-order valence-electron chi connectivity index (χ0n) is 8.92. The van der Waals surface area contributed by atoms with Gasteiger partial charge in [0.05, 0.1) is 5.52 Å². The van der Waals surface area contributed by atoms with Crippen molar-refractivity contribution >= 4 is 28.1 Å². The largest absolute Gasteiger partial charge is 0.308 e. The number of nitrogens with one attached hydrogen (secondary N) is 1. The van der Waals surface area contributed by atoms with E-state index in [2.05, 4.69) is 15.4 Å². The fourth-order valence-electron chi connectivity index (χ4n) is 1.71. The van der Waals surface area contributed by atoms with Crippen LogP contribution in [0.25, 0.3) is 22.3 Å². The van der Waals surface area contributed by atoms with E-state index in [4.69, 9.17) is 5.84 Å². The third kappa shape index (κ3) is 1.75. The van der Waals surface area contributed by atoms with E-state index < -0.39 is 0 Å². The number of hydrogen-bond donors (Lipinski definition) is 2. The van der Waals surface area contributed by atoms with Gasteiger partial charge in [0.2, 0.25) is 0 Å². The number of thiophene rings is 1. The average molecular weight is 242 g/mol. The number of benzene rings is 1. The maximum Gasteiger partial charge on any atom is 0.163 e. The zero-order valence-corrected chi connectivity index (χ0v) is 9.74. The standard InChI is InChI=1S/C12H10N4S/c13-16-12-9-3-1-2-4-10(9)14-11(15-12)8-5-6-17-7-8/h1-7H,13H2,(H,14,15,16). The fourth-order valence-corrected chi connectivity index (χ4v) is 2.34. The summed E-state index contributed by atoms with van der Waals surface area (Å²) in [5.74, 6) is 6.84. The quantitative estimate of drug-likeness (QED) is 0.535. The maximum absolute atomic E-state index is 5.50. The Morgan fingerprint density at radius 3 is 2.76 bits per heavy atom. The van der Waals surface area contributed by atoms with Gasteiger partial charge in [-0.1, -0.05) is 12.1 Å². The Morgan fingerprint density at radius 1 is 1.12 bits per heavy atom. The number of hydrogen-bond acceptors (Lipinski definition) is 5. The van der Waals surface area contributed by atoms with Crippen LogP contribution in [0.2, 0.25) is 0 Å². The highest BCUT2D eigenvalue weighted by Crippen LogP contribution is 2.25. The van der Waals surface area contributed by atoms with Gasteiger partial charge in [0.1, 0.15) is 0 Å². The van der Waals surface area contributed by atoms with Crippen molar-refractivity contribution in [1.82, 2.24) is 9.97 Å². The van der Waals surface area contributed by atoms with Crippen LogP contribution in [-0.2, 0) is 0 Å². The minimum Gasteiger partial charge on any atom is -0.308 e. The van der Waals surface area contributed by atoms with Crippen LogP contribution in [0.1, 0.15) is 0 Å². The van der Waals surface area contributed by atoms with E-state index >= 15 is 0 Å². The van der Waals surface area contributed by atoms with Gasteiger partial charge >= 0.3 is 0 Å². The molecule has 5 heteroatoms. The molecule has 3 N–H and O–H groups in total. The molecule has 0 aliphatic carbocycles. The van der Waals surface area contributed by atoms with Crippen molar-refractivity contribution in [3.63, 3.8) is 0 Å². The SMILES string of the molecule is NNc1nc(-c2ccsc2)nc2ccccc12. The first-order valence-electron chi connectivity index (χ1n) is 5.14. The van der Waals surface area contributed by atoms with Gasteiger partial charge in [-0.05, 0) is 23.6 Å². The second kappa shape index (κ2) is 4.12. The number of nitrogens with two attached hydrogens (primary N) is 1. The summed E-state index contributed by atoms with van der Waals surface area (Å²) < 4.78 is 0. The molecule has 0 bridgehead atoms. The number of nitrogen functional groups attached to an aromatic ring is 1. The summed E-state index contributed by atoms with van der Waals surface area (Å²) in [6, 6.07) is 9.79. The second-order valence-corrected chi connectivity index (χ2v) is 4.35. The molecule has 1 aromatic carbocycles.